The second kappa shape index (κ2) is 10.9. The first-order valence-electron chi connectivity index (χ1n) is 7.57. The van der Waals surface area contributed by atoms with Crippen molar-refractivity contribution in [1.82, 2.24) is 15.6 Å². The number of nitrogens with zero attached hydrogens (tertiary/aromatic N) is 3. The molecule has 1 aromatic carbocycles. The van der Waals surface area contributed by atoms with E-state index in [2.05, 4.69) is 36.5 Å². The summed E-state index contributed by atoms with van der Waals surface area (Å²) in [4.78, 5) is 11.0. The lowest BCUT2D eigenvalue weighted by molar-refractivity contribution is 0.618. The zero-order valence-electron chi connectivity index (χ0n) is 14.3. The van der Waals surface area contributed by atoms with Crippen molar-refractivity contribution in [2.45, 2.75) is 20.0 Å². The Morgan fingerprint density at radius 1 is 1.36 bits per heavy atom. The van der Waals surface area contributed by atoms with Crippen LogP contribution >= 0.6 is 51.2 Å². The van der Waals surface area contributed by atoms with E-state index in [0.29, 0.717) is 23.5 Å². The molecule has 0 fully saturated rings. The van der Waals surface area contributed by atoms with Crippen LogP contribution in [0.15, 0.2) is 33.0 Å². The van der Waals surface area contributed by atoms with Gasteiger partial charge < -0.3 is 15.5 Å². The van der Waals surface area contributed by atoms with Crippen LogP contribution in [0.3, 0.4) is 0 Å². The quantitative estimate of drug-likeness (QED) is 0.330. The molecule has 0 atom stereocenters. The van der Waals surface area contributed by atoms with Gasteiger partial charge in [0.25, 0.3) is 0 Å². The maximum atomic E-state index is 13.6. The van der Waals surface area contributed by atoms with Crippen LogP contribution in [0.2, 0.25) is 0 Å². The van der Waals surface area contributed by atoms with Crippen molar-refractivity contribution in [2.24, 2.45) is 4.99 Å². The number of rotatable bonds is 6. The Kier molecular flexibility index (Phi) is 9.65. The lowest BCUT2D eigenvalue weighted by Gasteiger charge is -2.10. The largest absolute Gasteiger partial charge is 0.357 e. The third-order valence-electron chi connectivity index (χ3n) is 3.11. The predicted octanol–water partition coefficient (Wildman–Crippen LogP) is 3.98. The van der Waals surface area contributed by atoms with E-state index in [0.717, 1.165) is 22.9 Å². The number of aliphatic imine (C=N–C) groups is 1. The van der Waals surface area contributed by atoms with Crippen molar-refractivity contribution >= 4 is 62.3 Å². The maximum Gasteiger partial charge on any atom is 0.191 e. The highest BCUT2D eigenvalue weighted by molar-refractivity contribution is 14.0. The van der Waals surface area contributed by atoms with Crippen molar-refractivity contribution in [2.75, 3.05) is 25.5 Å². The summed E-state index contributed by atoms with van der Waals surface area (Å²) < 4.78 is 14.0. The molecule has 0 saturated heterocycles. The van der Waals surface area contributed by atoms with Gasteiger partial charge >= 0.3 is 0 Å². The normalized spacial score (nSPS) is 11.0. The second-order valence-corrected chi connectivity index (χ2v) is 7.00. The fourth-order valence-corrected chi connectivity index (χ4v) is 2.91. The van der Waals surface area contributed by atoms with Gasteiger partial charge in [-0.1, -0.05) is 6.07 Å². The topological polar surface area (TPSA) is 52.6 Å². The maximum absolute atomic E-state index is 13.6. The summed E-state index contributed by atoms with van der Waals surface area (Å²) in [7, 11) is 3.94. The van der Waals surface area contributed by atoms with E-state index in [1.165, 1.54) is 6.07 Å². The number of aromatic nitrogens is 1. The molecule has 0 amide bonds. The van der Waals surface area contributed by atoms with Gasteiger partial charge in [0.1, 0.15) is 5.82 Å². The van der Waals surface area contributed by atoms with E-state index in [1.54, 1.807) is 17.4 Å². The molecule has 9 heteroatoms. The molecule has 0 aliphatic rings. The number of thiazole rings is 1. The first-order valence-corrected chi connectivity index (χ1v) is 9.24. The average Bonchev–Trinajstić information content (AvgIpc) is 3.02. The molecule has 2 aromatic rings. The number of nitrogens with one attached hydrogen (secondary N) is 2. The molecular weight excluding hydrogens is 520 g/mol. The molecule has 0 aliphatic carbocycles. The van der Waals surface area contributed by atoms with Gasteiger partial charge in [0, 0.05) is 26.0 Å². The molecule has 0 radical (unpaired) electrons. The molecule has 2 rings (SSSR count). The lowest BCUT2D eigenvalue weighted by Crippen LogP contribution is -2.36. The summed E-state index contributed by atoms with van der Waals surface area (Å²) in [5.41, 5.74) is 1.78. The summed E-state index contributed by atoms with van der Waals surface area (Å²) in [6.45, 7) is 3.74. The van der Waals surface area contributed by atoms with Crippen LogP contribution in [0, 0.1) is 5.82 Å². The zero-order valence-corrected chi connectivity index (χ0v) is 19.1. The molecule has 0 saturated carbocycles. The molecule has 0 unspecified atom stereocenters. The molecule has 0 aliphatic heterocycles. The highest BCUT2D eigenvalue weighted by Gasteiger charge is 2.05. The van der Waals surface area contributed by atoms with E-state index in [9.17, 15) is 4.39 Å². The van der Waals surface area contributed by atoms with Gasteiger partial charge in [-0.2, -0.15) is 0 Å². The zero-order chi connectivity index (χ0) is 17.5. The van der Waals surface area contributed by atoms with Crippen molar-refractivity contribution in [3.8, 4) is 0 Å². The minimum atomic E-state index is -0.278. The van der Waals surface area contributed by atoms with Crippen LogP contribution in [-0.2, 0) is 13.1 Å². The Morgan fingerprint density at radius 3 is 2.72 bits per heavy atom. The van der Waals surface area contributed by atoms with Crippen LogP contribution in [0.4, 0.5) is 9.52 Å². The first-order chi connectivity index (χ1) is 11.5. The average molecular weight is 542 g/mol. The smallest absolute Gasteiger partial charge is 0.191 e. The van der Waals surface area contributed by atoms with Crippen LogP contribution in [0.1, 0.15) is 18.2 Å². The monoisotopic (exact) mass is 541 g/mol. The lowest BCUT2D eigenvalue weighted by atomic mass is 10.2. The SMILES string of the molecule is CCNC(=NCc1ccc(Br)c(F)c1)NCc1csc(N(C)C)n1.I. The number of benzene rings is 1. The third-order valence-corrected chi connectivity index (χ3v) is 4.81. The van der Waals surface area contributed by atoms with Crippen LogP contribution in [-0.4, -0.2) is 31.6 Å². The molecule has 25 heavy (non-hydrogen) atoms. The number of guanidine groups is 1. The van der Waals surface area contributed by atoms with Crippen molar-refractivity contribution in [3.05, 3.63) is 45.1 Å². The summed E-state index contributed by atoms with van der Waals surface area (Å²) in [5.74, 6) is 0.402. The number of hydrogen-bond donors (Lipinski definition) is 2. The molecule has 5 nitrogen and oxygen atoms in total. The Bertz CT molecular complexity index is 708. The fourth-order valence-electron chi connectivity index (χ4n) is 1.91. The molecule has 1 heterocycles. The number of anilines is 1. The first kappa shape index (κ1) is 22.1. The summed E-state index contributed by atoms with van der Waals surface area (Å²) in [6, 6.07) is 5.03. The highest BCUT2D eigenvalue weighted by atomic mass is 127. The Hall–Kier alpha value is -0.940. The molecule has 138 valence electrons. The highest BCUT2D eigenvalue weighted by Crippen LogP contribution is 2.18. The molecular formula is C16H22BrFIN5S. The van der Waals surface area contributed by atoms with Crippen LogP contribution < -0.4 is 15.5 Å². The van der Waals surface area contributed by atoms with E-state index in [-0.39, 0.29) is 29.8 Å². The Labute approximate surface area is 177 Å². The van der Waals surface area contributed by atoms with E-state index in [4.69, 9.17) is 0 Å². The molecule has 0 spiro atoms. The van der Waals surface area contributed by atoms with E-state index in [1.807, 2.05) is 37.4 Å². The minimum absolute atomic E-state index is 0. The minimum Gasteiger partial charge on any atom is -0.357 e. The van der Waals surface area contributed by atoms with E-state index >= 15 is 0 Å². The third kappa shape index (κ3) is 7.06. The predicted molar refractivity (Wildman–Crippen MR) is 118 cm³/mol. The van der Waals surface area contributed by atoms with Gasteiger partial charge in [-0.3, -0.25) is 0 Å². The van der Waals surface area contributed by atoms with Gasteiger partial charge in [-0.25, -0.2) is 14.4 Å². The molecule has 1 aromatic heterocycles. The summed E-state index contributed by atoms with van der Waals surface area (Å²) in [6.07, 6.45) is 0. The van der Waals surface area contributed by atoms with Gasteiger partial charge in [0.05, 0.1) is 23.3 Å². The van der Waals surface area contributed by atoms with Crippen molar-refractivity contribution in [3.63, 3.8) is 0 Å². The Balaban J connectivity index is 0.00000312. The number of halogens is 3. The fraction of sp³-hybridized carbons (Fsp3) is 0.375. The summed E-state index contributed by atoms with van der Waals surface area (Å²) in [5, 5.41) is 9.42. The number of hydrogen-bond acceptors (Lipinski definition) is 4. The Morgan fingerprint density at radius 2 is 2.12 bits per heavy atom. The standard InChI is InChI=1S/C16H21BrFN5S.HI/c1-4-19-15(20-8-11-5-6-13(17)14(18)7-11)21-9-12-10-24-16(22-12)23(2)3;/h5-7,10H,4,8-9H2,1-3H3,(H2,19,20,21);1H. The second-order valence-electron chi connectivity index (χ2n) is 5.31. The van der Waals surface area contributed by atoms with Crippen molar-refractivity contribution < 1.29 is 4.39 Å². The van der Waals surface area contributed by atoms with E-state index < -0.39 is 0 Å². The molecule has 0 bridgehead atoms. The summed E-state index contributed by atoms with van der Waals surface area (Å²) >= 11 is 4.76. The van der Waals surface area contributed by atoms with Crippen LogP contribution in [0.5, 0.6) is 0 Å². The van der Waals surface area contributed by atoms with Gasteiger partial charge in [0.15, 0.2) is 11.1 Å². The van der Waals surface area contributed by atoms with Gasteiger partial charge in [-0.05, 0) is 40.5 Å². The van der Waals surface area contributed by atoms with Crippen LogP contribution in [0.25, 0.3) is 0 Å². The molecule has 2 N–H and O–H groups in total. The van der Waals surface area contributed by atoms with Gasteiger partial charge in [-0.15, -0.1) is 35.3 Å². The van der Waals surface area contributed by atoms with Crippen molar-refractivity contribution in [1.29, 1.82) is 0 Å². The van der Waals surface area contributed by atoms with Gasteiger partial charge in [0.2, 0.25) is 0 Å².